The van der Waals surface area contributed by atoms with Crippen LogP contribution in [0.4, 0.5) is 0 Å². The third kappa shape index (κ3) is 3.36. The maximum atomic E-state index is 13.2. The second kappa shape index (κ2) is 7.85. The number of imide groups is 1. The van der Waals surface area contributed by atoms with Gasteiger partial charge in [0.25, 0.3) is 11.8 Å². The summed E-state index contributed by atoms with van der Waals surface area (Å²) in [5.41, 5.74) is 3.03. The fourth-order valence-corrected chi connectivity index (χ4v) is 4.64. The van der Waals surface area contributed by atoms with Crippen LogP contribution in [-0.2, 0) is 23.1 Å². The number of amides is 2. The molecule has 0 unspecified atom stereocenters. The summed E-state index contributed by atoms with van der Waals surface area (Å²) < 4.78 is 2.06. The average Bonchev–Trinajstić information content (AvgIpc) is 3.40. The lowest BCUT2D eigenvalue weighted by atomic mass is 10.1. The molecule has 0 saturated heterocycles. The number of aliphatic hydroxyl groups is 1. The van der Waals surface area contributed by atoms with Crippen LogP contribution in [0.2, 0.25) is 0 Å². The van der Waals surface area contributed by atoms with Crippen molar-refractivity contribution in [1.29, 1.82) is 0 Å². The number of benzene rings is 1. The Bertz CT molecular complexity index is 1100. The zero-order chi connectivity index (χ0) is 20.5. The van der Waals surface area contributed by atoms with Crippen LogP contribution in [0.25, 0.3) is 16.5 Å². The molecule has 0 saturated carbocycles. The van der Waals surface area contributed by atoms with Gasteiger partial charge < -0.3 is 14.6 Å². The van der Waals surface area contributed by atoms with Crippen LogP contribution >= 0.6 is 11.3 Å². The van der Waals surface area contributed by atoms with E-state index in [9.17, 15) is 14.7 Å². The Morgan fingerprint density at radius 3 is 2.62 bits per heavy atom. The standard InChI is InChI=1S/C22H23N3O3S/c1-23(11-12-26)20-19(18-8-5-13-29-18)21(27)25(22(20)28)10-9-15-14-24(2)17-7-4-3-6-16(15)17/h3-8,13-14,26H,9-12H2,1-2H3. The molecule has 1 aliphatic rings. The molecule has 4 rings (SSSR count). The minimum absolute atomic E-state index is 0.0881. The number of para-hydroxylation sites is 1. The van der Waals surface area contributed by atoms with Gasteiger partial charge in [-0.15, -0.1) is 11.3 Å². The van der Waals surface area contributed by atoms with E-state index in [1.54, 1.807) is 11.9 Å². The maximum absolute atomic E-state index is 13.2. The first-order valence-electron chi connectivity index (χ1n) is 9.52. The second-order valence-electron chi connectivity index (χ2n) is 7.14. The van der Waals surface area contributed by atoms with Gasteiger partial charge in [0.05, 0.1) is 12.2 Å². The van der Waals surface area contributed by atoms with E-state index in [0.29, 0.717) is 30.8 Å². The van der Waals surface area contributed by atoms with Gasteiger partial charge in [-0.05, 0) is 29.5 Å². The van der Waals surface area contributed by atoms with E-state index in [4.69, 9.17) is 0 Å². The lowest BCUT2D eigenvalue weighted by Gasteiger charge is -2.20. The van der Waals surface area contributed by atoms with Crippen molar-refractivity contribution in [2.24, 2.45) is 7.05 Å². The summed E-state index contributed by atoms with van der Waals surface area (Å²) in [5, 5.41) is 12.3. The van der Waals surface area contributed by atoms with Crippen molar-refractivity contribution in [1.82, 2.24) is 14.4 Å². The molecule has 0 aliphatic carbocycles. The third-order valence-corrected chi connectivity index (χ3v) is 6.20. The zero-order valence-corrected chi connectivity index (χ0v) is 17.3. The molecular formula is C22H23N3O3S. The van der Waals surface area contributed by atoms with E-state index in [-0.39, 0.29) is 18.4 Å². The molecule has 3 aromatic rings. The Hall–Kier alpha value is -2.90. The molecule has 7 heteroatoms. The Balaban J connectivity index is 1.62. The maximum Gasteiger partial charge on any atom is 0.277 e. The van der Waals surface area contributed by atoms with Crippen molar-refractivity contribution in [3.63, 3.8) is 0 Å². The molecule has 1 N–H and O–H groups in total. The van der Waals surface area contributed by atoms with E-state index >= 15 is 0 Å². The number of nitrogens with zero attached hydrogens (tertiary/aromatic N) is 3. The summed E-state index contributed by atoms with van der Waals surface area (Å²) in [6.07, 6.45) is 2.65. The predicted molar refractivity (Wildman–Crippen MR) is 114 cm³/mol. The van der Waals surface area contributed by atoms with Crippen molar-refractivity contribution in [2.45, 2.75) is 6.42 Å². The highest BCUT2D eigenvalue weighted by Gasteiger charge is 2.40. The molecule has 0 atom stereocenters. The Kier molecular flexibility index (Phi) is 5.25. The van der Waals surface area contributed by atoms with Gasteiger partial charge in [-0.3, -0.25) is 14.5 Å². The van der Waals surface area contributed by atoms with E-state index < -0.39 is 0 Å². The minimum Gasteiger partial charge on any atom is -0.395 e. The fourth-order valence-electron chi connectivity index (χ4n) is 3.88. The van der Waals surface area contributed by atoms with Crippen molar-refractivity contribution in [3.05, 3.63) is 64.1 Å². The van der Waals surface area contributed by atoms with Gasteiger partial charge in [-0.2, -0.15) is 0 Å². The van der Waals surface area contributed by atoms with Crippen LogP contribution in [-0.4, -0.2) is 58.0 Å². The van der Waals surface area contributed by atoms with E-state index in [1.165, 1.54) is 16.2 Å². The average molecular weight is 410 g/mol. The third-order valence-electron chi connectivity index (χ3n) is 5.31. The lowest BCUT2D eigenvalue weighted by Crippen LogP contribution is -2.36. The number of aryl methyl sites for hydroxylation is 1. The first kappa shape index (κ1) is 19.4. The number of rotatable bonds is 7. The Morgan fingerprint density at radius 2 is 1.90 bits per heavy atom. The summed E-state index contributed by atoms with van der Waals surface area (Å²) in [5.74, 6) is -0.563. The number of aromatic nitrogens is 1. The first-order chi connectivity index (χ1) is 14.0. The molecule has 2 aromatic heterocycles. The van der Waals surface area contributed by atoms with E-state index in [1.807, 2.05) is 36.7 Å². The topological polar surface area (TPSA) is 65.8 Å². The summed E-state index contributed by atoms with van der Waals surface area (Å²) in [6.45, 7) is 0.520. The number of likely N-dealkylation sites (N-methyl/N-ethyl adjacent to an activating group) is 1. The fraction of sp³-hybridized carbons (Fsp3) is 0.273. The van der Waals surface area contributed by atoms with Crippen LogP contribution in [0, 0.1) is 0 Å². The zero-order valence-electron chi connectivity index (χ0n) is 16.5. The predicted octanol–water partition coefficient (Wildman–Crippen LogP) is 2.49. The summed E-state index contributed by atoms with van der Waals surface area (Å²) in [4.78, 5) is 30.1. The Labute approximate surface area is 173 Å². The van der Waals surface area contributed by atoms with Gasteiger partial charge in [0.1, 0.15) is 5.70 Å². The quantitative estimate of drug-likeness (QED) is 0.609. The molecule has 0 fully saturated rings. The van der Waals surface area contributed by atoms with Crippen molar-refractivity contribution in [3.8, 4) is 0 Å². The molecule has 150 valence electrons. The van der Waals surface area contributed by atoms with Crippen LogP contribution in [0.3, 0.4) is 0 Å². The minimum atomic E-state index is -0.297. The van der Waals surface area contributed by atoms with Crippen LogP contribution < -0.4 is 0 Å². The molecule has 1 aliphatic heterocycles. The van der Waals surface area contributed by atoms with Gasteiger partial charge in [-0.25, -0.2) is 0 Å². The number of carbonyl (C=O) groups is 2. The number of aliphatic hydroxyl groups excluding tert-OH is 1. The molecule has 2 amide bonds. The van der Waals surface area contributed by atoms with Crippen LogP contribution in [0.15, 0.2) is 53.7 Å². The number of hydrogen-bond acceptors (Lipinski definition) is 5. The Morgan fingerprint density at radius 1 is 1.10 bits per heavy atom. The van der Waals surface area contributed by atoms with Gasteiger partial charge in [-0.1, -0.05) is 24.3 Å². The van der Waals surface area contributed by atoms with E-state index in [0.717, 1.165) is 21.3 Å². The molecule has 29 heavy (non-hydrogen) atoms. The molecular weight excluding hydrogens is 386 g/mol. The SMILES string of the molecule is CN(CCO)C1=C(c2cccs2)C(=O)N(CCc2cn(C)c3ccccc23)C1=O. The summed E-state index contributed by atoms with van der Waals surface area (Å²) in [7, 11) is 3.73. The molecule has 3 heterocycles. The monoisotopic (exact) mass is 409 g/mol. The number of carbonyl (C=O) groups excluding carboxylic acids is 2. The molecule has 6 nitrogen and oxygen atoms in total. The van der Waals surface area contributed by atoms with Gasteiger partial charge in [0.2, 0.25) is 0 Å². The summed E-state index contributed by atoms with van der Waals surface area (Å²) in [6, 6.07) is 11.8. The first-order valence-corrected chi connectivity index (χ1v) is 10.4. The number of thiophene rings is 1. The van der Waals surface area contributed by atoms with Gasteiger partial charge >= 0.3 is 0 Å². The number of fused-ring (bicyclic) bond motifs is 1. The normalized spacial score (nSPS) is 14.5. The molecule has 0 spiro atoms. The van der Waals surface area contributed by atoms with Crippen LogP contribution in [0.1, 0.15) is 10.4 Å². The van der Waals surface area contributed by atoms with Crippen LogP contribution in [0.5, 0.6) is 0 Å². The smallest absolute Gasteiger partial charge is 0.277 e. The van der Waals surface area contributed by atoms with Crippen molar-refractivity contribution >= 4 is 39.6 Å². The van der Waals surface area contributed by atoms with Gasteiger partial charge in [0, 0.05) is 49.2 Å². The van der Waals surface area contributed by atoms with Gasteiger partial charge in [0.15, 0.2) is 0 Å². The lowest BCUT2D eigenvalue weighted by molar-refractivity contribution is -0.137. The second-order valence-corrected chi connectivity index (χ2v) is 8.09. The number of hydrogen-bond donors (Lipinski definition) is 1. The highest BCUT2D eigenvalue weighted by atomic mass is 32.1. The van der Waals surface area contributed by atoms with Crippen molar-refractivity contribution < 1.29 is 14.7 Å². The molecule has 1 aromatic carbocycles. The highest BCUT2D eigenvalue weighted by Crippen LogP contribution is 2.33. The van der Waals surface area contributed by atoms with Crippen molar-refractivity contribution in [2.75, 3.05) is 26.7 Å². The largest absolute Gasteiger partial charge is 0.395 e. The molecule has 0 radical (unpaired) electrons. The molecule has 0 bridgehead atoms. The summed E-state index contributed by atoms with van der Waals surface area (Å²) >= 11 is 1.44. The highest BCUT2D eigenvalue weighted by molar-refractivity contribution is 7.11. The van der Waals surface area contributed by atoms with E-state index in [2.05, 4.69) is 22.9 Å².